The summed E-state index contributed by atoms with van der Waals surface area (Å²) in [5.74, 6) is 0. The second kappa shape index (κ2) is 6.89. The van der Waals surface area contributed by atoms with Crippen molar-refractivity contribution in [3.05, 3.63) is 33.6 Å². The van der Waals surface area contributed by atoms with Crippen LogP contribution in [0.5, 0.6) is 0 Å². The number of nitrogens with zero attached hydrogens (tertiary/aromatic N) is 1. The zero-order valence-corrected chi connectivity index (χ0v) is 11.9. The molecule has 1 aromatic rings. The van der Waals surface area contributed by atoms with Gasteiger partial charge >= 0.3 is 29.6 Å². The third-order valence-corrected chi connectivity index (χ3v) is 3.64. The molecule has 0 atom stereocenters. The van der Waals surface area contributed by atoms with Gasteiger partial charge in [0, 0.05) is 0 Å². The molecule has 0 bridgehead atoms. The monoisotopic (exact) mass is 257 g/mol. The first-order valence-corrected chi connectivity index (χ1v) is 5.41. The molecule has 0 aliphatic rings. The molecule has 0 aromatic heterocycles. The molecule has 0 spiro atoms. The third-order valence-electron chi connectivity index (χ3n) is 1.76. The normalized spacial score (nSPS) is 10.1. The molecule has 0 fully saturated rings. The van der Waals surface area contributed by atoms with Crippen LogP contribution in [0.2, 0.25) is 0 Å². The predicted molar refractivity (Wildman–Crippen MR) is 59.0 cm³/mol. The molecule has 0 unspecified atom stereocenters. The van der Waals surface area contributed by atoms with Crippen molar-refractivity contribution in [3.63, 3.8) is 0 Å². The summed E-state index contributed by atoms with van der Waals surface area (Å²) in [5.41, 5.74) is 1.31. The quantitative estimate of drug-likeness (QED) is 0.709. The summed E-state index contributed by atoms with van der Waals surface area (Å²) >= 11 is 5.01. The summed E-state index contributed by atoms with van der Waals surface area (Å²) in [7, 11) is -3.67. The fourth-order valence-corrected chi connectivity index (χ4v) is 2.47. The van der Waals surface area contributed by atoms with Gasteiger partial charge in [-0.15, -0.1) is 0 Å². The van der Waals surface area contributed by atoms with Crippen LogP contribution >= 0.6 is 11.8 Å². The molecule has 80 valence electrons. The molecular formula is C9H13ClNNaO2S. The van der Waals surface area contributed by atoms with E-state index in [9.17, 15) is 8.42 Å². The zero-order chi connectivity index (χ0) is 10.1. The molecule has 1 aromatic carbocycles. The van der Waals surface area contributed by atoms with E-state index >= 15 is 0 Å². The number of rotatable bonds is 2. The smallest absolute Gasteiger partial charge is 0.458 e. The van der Waals surface area contributed by atoms with Crippen molar-refractivity contribution in [1.29, 1.82) is 0 Å². The molecule has 0 aliphatic carbocycles. The van der Waals surface area contributed by atoms with Crippen molar-refractivity contribution in [2.75, 3.05) is 0 Å². The van der Waals surface area contributed by atoms with E-state index in [1.165, 1.54) is 0 Å². The predicted octanol–water partition coefficient (Wildman–Crippen LogP) is 0.160. The van der Waals surface area contributed by atoms with Gasteiger partial charge in [-0.2, -0.15) is 0 Å². The van der Waals surface area contributed by atoms with Crippen LogP contribution in [-0.4, -0.2) is 8.42 Å². The first-order chi connectivity index (χ1) is 5.99. The molecule has 6 heteroatoms. The largest absolute Gasteiger partial charge is 1.00 e. The molecular weight excluding hydrogens is 245 g/mol. The first-order valence-electron chi connectivity index (χ1n) is 3.63. The maximum Gasteiger partial charge on any atom is 1.00 e. The molecule has 1 rings (SSSR count). The van der Waals surface area contributed by atoms with Crippen LogP contribution in [0.4, 0.5) is 0 Å². The molecule has 15 heavy (non-hydrogen) atoms. The van der Waals surface area contributed by atoms with Crippen molar-refractivity contribution in [1.82, 2.24) is 0 Å². The Morgan fingerprint density at radius 3 is 1.93 bits per heavy atom. The van der Waals surface area contributed by atoms with E-state index in [2.05, 4.69) is 4.24 Å². The number of benzene rings is 1. The van der Waals surface area contributed by atoms with Crippen LogP contribution in [0.15, 0.2) is 23.1 Å². The Balaban J connectivity index is 0. The van der Waals surface area contributed by atoms with Crippen molar-refractivity contribution < 1.29 is 38.0 Å². The van der Waals surface area contributed by atoms with Crippen molar-refractivity contribution in [2.45, 2.75) is 26.2 Å². The molecule has 0 heterocycles. The molecule has 0 N–H and O–H groups in total. The minimum atomic E-state index is -3.67. The fourth-order valence-electron chi connectivity index (χ4n) is 1.24. The Labute approximate surface area is 119 Å². The molecule has 0 radical (unpaired) electrons. The third kappa shape index (κ3) is 4.06. The molecule has 0 amide bonds. The van der Waals surface area contributed by atoms with Gasteiger partial charge < -0.3 is 4.24 Å². The van der Waals surface area contributed by atoms with Gasteiger partial charge in [-0.3, -0.25) is 11.8 Å². The van der Waals surface area contributed by atoms with Gasteiger partial charge in [0.25, 0.3) is 0 Å². The molecule has 3 nitrogen and oxygen atoms in total. The van der Waals surface area contributed by atoms with Crippen molar-refractivity contribution in [2.24, 2.45) is 0 Å². The zero-order valence-electron chi connectivity index (χ0n) is 8.28. The van der Waals surface area contributed by atoms with Crippen LogP contribution in [0.25, 0.3) is 4.24 Å². The van der Waals surface area contributed by atoms with E-state index in [4.69, 9.17) is 11.8 Å². The first kappa shape index (κ1) is 17.8. The van der Waals surface area contributed by atoms with Crippen LogP contribution in [0.1, 0.15) is 18.6 Å². The van der Waals surface area contributed by atoms with E-state index < -0.39 is 10.0 Å². The van der Waals surface area contributed by atoms with Gasteiger partial charge in [0.2, 0.25) is 0 Å². The number of hydrogen-bond donors (Lipinski definition) is 0. The number of sulfonamides is 1. The van der Waals surface area contributed by atoms with Crippen LogP contribution in [0, 0.1) is 13.8 Å². The van der Waals surface area contributed by atoms with Crippen molar-refractivity contribution in [3.8, 4) is 0 Å². The molecule has 0 saturated carbocycles. The fraction of sp³-hybridized carbons (Fsp3) is 0.333. The second-order valence-electron chi connectivity index (χ2n) is 2.77. The Kier molecular flexibility index (Phi) is 8.17. The number of halogens is 1. The molecule has 0 aliphatic heterocycles. The Hall–Kier alpha value is 0.420. The van der Waals surface area contributed by atoms with Crippen LogP contribution in [0.3, 0.4) is 0 Å². The van der Waals surface area contributed by atoms with Gasteiger partial charge in [-0.05, 0) is 25.0 Å². The Morgan fingerprint density at radius 1 is 1.20 bits per heavy atom. The van der Waals surface area contributed by atoms with Gasteiger partial charge in [0.15, 0.2) is 0 Å². The second-order valence-corrected chi connectivity index (χ2v) is 4.68. The van der Waals surface area contributed by atoms with E-state index in [0.29, 0.717) is 11.1 Å². The minimum absolute atomic E-state index is 0. The maximum absolute atomic E-state index is 11.3. The minimum Gasteiger partial charge on any atom is -0.458 e. The standard InChI is InChI=1S/C8H9ClNO2S.CH4.Na/c1-6-4-3-5-7(2)8(6)13(11,12)10-9;;/h3-5H,1-2H3;1H4;/q-1;;+1. The summed E-state index contributed by atoms with van der Waals surface area (Å²) in [6.45, 7) is 3.42. The summed E-state index contributed by atoms with van der Waals surface area (Å²) in [4.78, 5) is 0.199. The van der Waals surface area contributed by atoms with E-state index in [1.807, 2.05) is 0 Å². The molecule has 0 saturated heterocycles. The average Bonchev–Trinajstić information content (AvgIpc) is 2.03. The topological polar surface area (TPSA) is 48.2 Å². The summed E-state index contributed by atoms with van der Waals surface area (Å²) in [5, 5.41) is 0. The van der Waals surface area contributed by atoms with Gasteiger partial charge in [-0.25, -0.2) is 8.42 Å². The van der Waals surface area contributed by atoms with E-state index in [1.54, 1.807) is 32.0 Å². The maximum atomic E-state index is 11.3. The van der Waals surface area contributed by atoms with Gasteiger partial charge in [-0.1, -0.05) is 25.6 Å². The summed E-state index contributed by atoms with van der Waals surface area (Å²) in [6.07, 6.45) is 0. The Morgan fingerprint density at radius 2 is 1.60 bits per heavy atom. The summed E-state index contributed by atoms with van der Waals surface area (Å²) in [6, 6.07) is 5.21. The van der Waals surface area contributed by atoms with Crippen LogP contribution < -0.4 is 29.6 Å². The van der Waals surface area contributed by atoms with Crippen LogP contribution in [-0.2, 0) is 10.0 Å². The Bertz CT molecular complexity index is 400. The van der Waals surface area contributed by atoms with Gasteiger partial charge in [0.05, 0.1) is 4.90 Å². The number of aryl methyl sites for hydroxylation is 2. The number of hydrogen-bond acceptors (Lipinski definition) is 2. The average molecular weight is 258 g/mol. The van der Waals surface area contributed by atoms with Gasteiger partial charge in [0.1, 0.15) is 10.0 Å². The van der Waals surface area contributed by atoms with E-state index in [0.717, 1.165) is 0 Å². The van der Waals surface area contributed by atoms with E-state index in [-0.39, 0.29) is 41.9 Å². The summed E-state index contributed by atoms with van der Waals surface area (Å²) < 4.78 is 25.5. The van der Waals surface area contributed by atoms with Crippen molar-refractivity contribution >= 4 is 21.8 Å². The SMILES string of the molecule is C.Cc1cccc(C)c1S(=O)(=O)[N-]Cl.[Na+].